The number of carbonyl (C=O) groups is 1. The van der Waals surface area contributed by atoms with E-state index in [2.05, 4.69) is 0 Å². The minimum Gasteiger partial charge on any atom is -0.340 e. The van der Waals surface area contributed by atoms with E-state index in [1.54, 1.807) is 7.11 Å². The van der Waals surface area contributed by atoms with E-state index in [0.717, 1.165) is 39.0 Å². The maximum absolute atomic E-state index is 12.2. The van der Waals surface area contributed by atoms with Crippen molar-refractivity contribution in [3.63, 3.8) is 0 Å². The monoisotopic (exact) mass is 226 g/mol. The summed E-state index contributed by atoms with van der Waals surface area (Å²) >= 11 is 0. The van der Waals surface area contributed by atoms with Crippen LogP contribution in [0.25, 0.3) is 0 Å². The molecule has 0 aromatic heterocycles. The fraction of sp³-hybridized carbons (Fsp3) is 0.917. The molecule has 1 aliphatic heterocycles. The fourth-order valence-corrected chi connectivity index (χ4v) is 2.70. The Hall–Kier alpha value is -0.610. The molecule has 1 amide bonds. The first-order valence-corrected chi connectivity index (χ1v) is 6.39. The molecule has 1 saturated heterocycles. The lowest BCUT2D eigenvalue weighted by Crippen LogP contribution is -2.50. The first-order valence-electron chi connectivity index (χ1n) is 6.39. The summed E-state index contributed by atoms with van der Waals surface area (Å²) in [6, 6.07) is 0. The van der Waals surface area contributed by atoms with Crippen LogP contribution in [0, 0.1) is 5.92 Å². The molecule has 0 spiro atoms. The topological polar surface area (TPSA) is 32.8 Å². The second kappa shape index (κ2) is 5.64. The van der Waals surface area contributed by atoms with Gasteiger partial charge in [-0.2, -0.15) is 5.06 Å². The number of amides is 1. The van der Waals surface area contributed by atoms with Crippen molar-refractivity contribution in [2.75, 3.05) is 33.3 Å². The standard InChI is InChI=1S/C12H22N2O2/c1-16-14-9-7-13(8-10-14)12(15)11-5-3-2-4-6-11/h11H,2-10H2,1H3. The summed E-state index contributed by atoms with van der Waals surface area (Å²) in [5.74, 6) is 0.693. The van der Waals surface area contributed by atoms with Gasteiger partial charge in [0.15, 0.2) is 0 Å². The summed E-state index contributed by atoms with van der Waals surface area (Å²) in [7, 11) is 1.69. The van der Waals surface area contributed by atoms with E-state index < -0.39 is 0 Å². The summed E-state index contributed by atoms with van der Waals surface area (Å²) < 4.78 is 0. The second-order valence-corrected chi connectivity index (χ2v) is 4.77. The molecule has 0 aromatic carbocycles. The van der Waals surface area contributed by atoms with Crippen molar-refractivity contribution >= 4 is 5.91 Å². The Morgan fingerprint density at radius 1 is 1.06 bits per heavy atom. The minimum absolute atomic E-state index is 0.308. The minimum atomic E-state index is 0.308. The van der Waals surface area contributed by atoms with E-state index in [1.165, 1.54) is 19.3 Å². The van der Waals surface area contributed by atoms with E-state index in [4.69, 9.17) is 4.84 Å². The molecule has 16 heavy (non-hydrogen) atoms. The van der Waals surface area contributed by atoms with Crippen LogP contribution in [0.2, 0.25) is 0 Å². The van der Waals surface area contributed by atoms with Gasteiger partial charge in [0.25, 0.3) is 0 Å². The smallest absolute Gasteiger partial charge is 0.225 e. The van der Waals surface area contributed by atoms with Gasteiger partial charge in [-0.1, -0.05) is 19.3 Å². The van der Waals surface area contributed by atoms with Crippen molar-refractivity contribution in [1.82, 2.24) is 9.96 Å². The van der Waals surface area contributed by atoms with E-state index in [0.29, 0.717) is 11.8 Å². The van der Waals surface area contributed by atoms with E-state index >= 15 is 0 Å². The fourth-order valence-electron chi connectivity index (χ4n) is 2.70. The van der Waals surface area contributed by atoms with Gasteiger partial charge in [0.2, 0.25) is 5.91 Å². The molecular formula is C12H22N2O2. The Labute approximate surface area is 97.5 Å². The van der Waals surface area contributed by atoms with E-state index in [1.807, 2.05) is 9.96 Å². The molecule has 0 radical (unpaired) electrons. The molecule has 0 N–H and O–H groups in total. The molecule has 0 aromatic rings. The Kier molecular flexibility index (Phi) is 4.18. The molecule has 0 atom stereocenters. The van der Waals surface area contributed by atoms with Crippen LogP contribution in [0.1, 0.15) is 32.1 Å². The highest BCUT2D eigenvalue weighted by atomic mass is 16.7. The van der Waals surface area contributed by atoms with Crippen LogP contribution >= 0.6 is 0 Å². The Balaban J connectivity index is 1.81. The average Bonchev–Trinajstić information content (AvgIpc) is 2.39. The van der Waals surface area contributed by atoms with Gasteiger partial charge in [-0.15, -0.1) is 0 Å². The summed E-state index contributed by atoms with van der Waals surface area (Å²) in [5.41, 5.74) is 0. The van der Waals surface area contributed by atoms with Crippen molar-refractivity contribution in [1.29, 1.82) is 0 Å². The number of hydrogen-bond acceptors (Lipinski definition) is 3. The molecule has 2 aliphatic rings. The van der Waals surface area contributed by atoms with Gasteiger partial charge in [-0.25, -0.2) is 0 Å². The van der Waals surface area contributed by atoms with Crippen molar-refractivity contribution in [2.45, 2.75) is 32.1 Å². The first-order chi connectivity index (χ1) is 7.81. The third-order valence-electron chi connectivity index (χ3n) is 3.76. The zero-order valence-corrected chi connectivity index (χ0v) is 10.2. The molecule has 1 heterocycles. The van der Waals surface area contributed by atoms with Gasteiger partial charge in [0.1, 0.15) is 0 Å². The van der Waals surface area contributed by atoms with Gasteiger partial charge in [-0.3, -0.25) is 4.79 Å². The zero-order valence-electron chi connectivity index (χ0n) is 10.2. The van der Waals surface area contributed by atoms with Crippen molar-refractivity contribution < 1.29 is 9.63 Å². The normalized spacial score (nSPS) is 24.7. The van der Waals surface area contributed by atoms with Crippen LogP contribution in [-0.2, 0) is 9.63 Å². The Bertz CT molecular complexity index is 231. The highest BCUT2D eigenvalue weighted by molar-refractivity contribution is 5.79. The summed E-state index contributed by atoms with van der Waals surface area (Å²) in [6.45, 7) is 3.33. The van der Waals surface area contributed by atoms with Crippen LogP contribution in [0.3, 0.4) is 0 Å². The number of rotatable bonds is 2. The molecule has 1 saturated carbocycles. The lowest BCUT2D eigenvalue weighted by molar-refractivity contribution is -0.164. The van der Waals surface area contributed by atoms with E-state index in [-0.39, 0.29) is 0 Å². The number of carbonyl (C=O) groups excluding carboxylic acids is 1. The third kappa shape index (κ3) is 2.74. The predicted molar refractivity (Wildman–Crippen MR) is 61.7 cm³/mol. The Morgan fingerprint density at radius 2 is 1.69 bits per heavy atom. The van der Waals surface area contributed by atoms with Crippen LogP contribution in [0.5, 0.6) is 0 Å². The van der Waals surface area contributed by atoms with Gasteiger partial charge in [-0.05, 0) is 12.8 Å². The van der Waals surface area contributed by atoms with Crippen LogP contribution in [0.15, 0.2) is 0 Å². The summed E-state index contributed by atoms with van der Waals surface area (Å²) in [6.07, 6.45) is 5.97. The lowest BCUT2D eigenvalue weighted by Gasteiger charge is -2.35. The highest BCUT2D eigenvalue weighted by Crippen LogP contribution is 2.25. The van der Waals surface area contributed by atoms with Gasteiger partial charge < -0.3 is 9.74 Å². The maximum atomic E-state index is 12.2. The largest absolute Gasteiger partial charge is 0.340 e. The highest BCUT2D eigenvalue weighted by Gasteiger charge is 2.28. The van der Waals surface area contributed by atoms with Gasteiger partial charge >= 0.3 is 0 Å². The summed E-state index contributed by atoms with van der Waals surface area (Å²) in [4.78, 5) is 19.4. The summed E-state index contributed by atoms with van der Waals surface area (Å²) in [5, 5.41) is 1.92. The number of hydroxylamine groups is 2. The molecule has 1 aliphatic carbocycles. The average molecular weight is 226 g/mol. The van der Waals surface area contributed by atoms with Crippen molar-refractivity contribution in [3.8, 4) is 0 Å². The number of nitrogens with zero attached hydrogens (tertiary/aromatic N) is 2. The van der Waals surface area contributed by atoms with Gasteiger partial charge in [0.05, 0.1) is 7.11 Å². The maximum Gasteiger partial charge on any atom is 0.225 e. The van der Waals surface area contributed by atoms with Crippen molar-refractivity contribution in [2.24, 2.45) is 5.92 Å². The number of piperazine rings is 1. The molecule has 92 valence electrons. The van der Waals surface area contributed by atoms with Crippen LogP contribution < -0.4 is 0 Å². The molecule has 2 fully saturated rings. The van der Waals surface area contributed by atoms with Crippen LogP contribution in [0.4, 0.5) is 0 Å². The second-order valence-electron chi connectivity index (χ2n) is 4.77. The zero-order chi connectivity index (χ0) is 11.4. The van der Waals surface area contributed by atoms with Crippen LogP contribution in [-0.4, -0.2) is 49.2 Å². The molecule has 4 nitrogen and oxygen atoms in total. The number of hydrogen-bond donors (Lipinski definition) is 0. The molecule has 2 rings (SSSR count). The molecular weight excluding hydrogens is 204 g/mol. The molecule has 0 bridgehead atoms. The molecule has 4 heteroatoms. The van der Waals surface area contributed by atoms with Crippen molar-refractivity contribution in [3.05, 3.63) is 0 Å². The Morgan fingerprint density at radius 3 is 2.25 bits per heavy atom. The predicted octanol–water partition coefficient (Wildman–Crippen LogP) is 1.27. The van der Waals surface area contributed by atoms with E-state index in [9.17, 15) is 4.79 Å². The quantitative estimate of drug-likeness (QED) is 0.711. The van der Waals surface area contributed by atoms with Gasteiger partial charge in [0, 0.05) is 32.1 Å². The first kappa shape index (κ1) is 11.9. The lowest BCUT2D eigenvalue weighted by atomic mass is 9.88. The molecule has 0 unspecified atom stereocenters. The SMILES string of the molecule is CON1CCN(C(=O)C2CCCCC2)CC1. The third-order valence-corrected chi connectivity index (χ3v) is 3.76.